The number of sulfonamides is 1. The molecule has 0 unspecified atom stereocenters. The first-order valence-electron chi connectivity index (χ1n) is 9.07. The summed E-state index contributed by atoms with van der Waals surface area (Å²) < 4.78 is 37.0. The highest BCUT2D eigenvalue weighted by atomic mass is 35.5. The Morgan fingerprint density at radius 3 is 2.50 bits per heavy atom. The molecule has 0 saturated carbocycles. The van der Waals surface area contributed by atoms with Crippen molar-refractivity contribution in [3.05, 3.63) is 82.8 Å². The maximum atomic E-state index is 12.3. The summed E-state index contributed by atoms with van der Waals surface area (Å²) in [5.74, 6) is -0.957. The summed E-state index contributed by atoms with van der Waals surface area (Å²) >= 11 is 5.90. The number of carbonyl (C=O) groups is 2. The van der Waals surface area contributed by atoms with E-state index in [-0.39, 0.29) is 27.6 Å². The number of furan rings is 1. The van der Waals surface area contributed by atoms with Crippen molar-refractivity contribution in [1.29, 1.82) is 5.26 Å². The SMILES string of the molecule is N#Cc1ccc(NC(=O)COC(=O)c2ccc(S(=O)(=O)NCc3ccco3)cc2)cc1Cl. The molecule has 32 heavy (non-hydrogen) atoms. The molecule has 0 fully saturated rings. The number of anilines is 1. The van der Waals surface area contributed by atoms with Crippen LogP contribution in [0.25, 0.3) is 0 Å². The van der Waals surface area contributed by atoms with E-state index in [4.69, 9.17) is 26.0 Å². The fraction of sp³-hybridized carbons (Fsp3) is 0.0952. The highest BCUT2D eigenvalue weighted by Gasteiger charge is 2.16. The predicted molar refractivity (Wildman–Crippen MR) is 114 cm³/mol. The van der Waals surface area contributed by atoms with E-state index in [0.717, 1.165) is 0 Å². The highest BCUT2D eigenvalue weighted by Crippen LogP contribution is 2.20. The smallest absolute Gasteiger partial charge is 0.338 e. The number of nitriles is 1. The van der Waals surface area contributed by atoms with E-state index in [1.54, 1.807) is 12.1 Å². The van der Waals surface area contributed by atoms with E-state index in [1.165, 1.54) is 48.7 Å². The third-order valence-electron chi connectivity index (χ3n) is 4.12. The van der Waals surface area contributed by atoms with Gasteiger partial charge in [0.05, 0.1) is 33.9 Å². The van der Waals surface area contributed by atoms with Gasteiger partial charge in [-0.25, -0.2) is 17.9 Å². The quantitative estimate of drug-likeness (QED) is 0.479. The van der Waals surface area contributed by atoms with Gasteiger partial charge in [-0.3, -0.25) is 4.79 Å². The normalized spacial score (nSPS) is 10.9. The van der Waals surface area contributed by atoms with Crippen LogP contribution < -0.4 is 10.0 Å². The zero-order valence-corrected chi connectivity index (χ0v) is 17.9. The van der Waals surface area contributed by atoms with Crippen LogP contribution >= 0.6 is 11.6 Å². The fourth-order valence-electron chi connectivity index (χ4n) is 2.53. The number of nitrogens with zero attached hydrogens (tertiary/aromatic N) is 1. The number of nitrogens with one attached hydrogen (secondary N) is 2. The first-order chi connectivity index (χ1) is 15.3. The van der Waals surface area contributed by atoms with Crippen molar-refractivity contribution >= 4 is 39.2 Å². The van der Waals surface area contributed by atoms with Crippen LogP contribution in [-0.2, 0) is 26.1 Å². The molecule has 0 spiro atoms. The van der Waals surface area contributed by atoms with Gasteiger partial charge in [0.15, 0.2) is 6.61 Å². The van der Waals surface area contributed by atoms with Gasteiger partial charge >= 0.3 is 5.97 Å². The molecular formula is C21H16ClN3O6S. The molecule has 0 bridgehead atoms. The van der Waals surface area contributed by atoms with Crippen LogP contribution in [0.5, 0.6) is 0 Å². The number of carbonyl (C=O) groups excluding carboxylic acids is 2. The number of hydrogen-bond acceptors (Lipinski definition) is 7. The minimum atomic E-state index is -3.80. The minimum Gasteiger partial charge on any atom is -0.468 e. The van der Waals surface area contributed by atoms with E-state index in [2.05, 4.69) is 10.0 Å². The molecule has 11 heteroatoms. The van der Waals surface area contributed by atoms with Gasteiger partial charge in [0.1, 0.15) is 11.8 Å². The number of esters is 1. The second-order valence-electron chi connectivity index (χ2n) is 6.36. The molecule has 2 aromatic carbocycles. The van der Waals surface area contributed by atoms with E-state index < -0.39 is 28.5 Å². The lowest BCUT2D eigenvalue weighted by Gasteiger charge is -2.08. The molecule has 1 amide bonds. The third-order valence-corrected chi connectivity index (χ3v) is 5.85. The molecule has 2 N–H and O–H groups in total. The van der Waals surface area contributed by atoms with Gasteiger partial charge in [-0.05, 0) is 54.6 Å². The van der Waals surface area contributed by atoms with Gasteiger partial charge in [0, 0.05) is 5.69 Å². The van der Waals surface area contributed by atoms with Gasteiger partial charge in [-0.2, -0.15) is 5.26 Å². The maximum absolute atomic E-state index is 12.3. The molecule has 164 valence electrons. The summed E-state index contributed by atoms with van der Waals surface area (Å²) in [5.41, 5.74) is 0.675. The minimum absolute atomic E-state index is 0.0152. The molecule has 1 aromatic heterocycles. The Kier molecular flexibility index (Phi) is 7.27. The van der Waals surface area contributed by atoms with Gasteiger partial charge in [-0.15, -0.1) is 0 Å². The molecule has 0 radical (unpaired) electrons. The third kappa shape index (κ3) is 5.95. The topological polar surface area (TPSA) is 138 Å². The van der Waals surface area contributed by atoms with Crippen molar-refractivity contribution in [3.8, 4) is 6.07 Å². The van der Waals surface area contributed by atoms with Gasteiger partial charge in [0.2, 0.25) is 10.0 Å². The number of benzene rings is 2. The van der Waals surface area contributed by atoms with Crippen LogP contribution in [0.3, 0.4) is 0 Å². The van der Waals surface area contributed by atoms with Crippen molar-refractivity contribution in [2.24, 2.45) is 0 Å². The summed E-state index contributed by atoms with van der Waals surface area (Å²) in [6.45, 7) is -0.583. The van der Waals surface area contributed by atoms with E-state index in [0.29, 0.717) is 11.4 Å². The van der Waals surface area contributed by atoms with Crippen molar-refractivity contribution in [2.45, 2.75) is 11.4 Å². The molecule has 0 aliphatic heterocycles. The lowest BCUT2D eigenvalue weighted by molar-refractivity contribution is -0.119. The average Bonchev–Trinajstić information content (AvgIpc) is 3.30. The van der Waals surface area contributed by atoms with Gasteiger partial charge in [-0.1, -0.05) is 11.6 Å². The maximum Gasteiger partial charge on any atom is 0.338 e. The molecule has 1 heterocycles. The van der Waals surface area contributed by atoms with Crippen molar-refractivity contribution in [1.82, 2.24) is 4.72 Å². The molecular weight excluding hydrogens is 458 g/mol. The second kappa shape index (κ2) is 10.1. The van der Waals surface area contributed by atoms with E-state index >= 15 is 0 Å². The van der Waals surface area contributed by atoms with Crippen LogP contribution in [0, 0.1) is 11.3 Å². The number of halogens is 1. The zero-order valence-electron chi connectivity index (χ0n) is 16.4. The largest absolute Gasteiger partial charge is 0.468 e. The number of hydrogen-bond donors (Lipinski definition) is 2. The highest BCUT2D eigenvalue weighted by molar-refractivity contribution is 7.89. The second-order valence-corrected chi connectivity index (χ2v) is 8.53. The molecule has 3 rings (SSSR count). The Labute approximate surface area is 188 Å². The number of rotatable bonds is 8. The summed E-state index contributed by atoms with van der Waals surface area (Å²) in [6.07, 6.45) is 1.43. The monoisotopic (exact) mass is 473 g/mol. The van der Waals surface area contributed by atoms with E-state index in [1.807, 2.05) is 6.07 Å². The summed E-state index contributed by atoms with van der Waals surface area (Å²) in [6, 6.07) is 14.6. The zero-order chi connectivity index (χ0) is 23.1. The molecule has 0 aliphatic rings. The van der Waals surface area contributed by atoms with Crippen molar-refractivity contribution < 1.29 is 27.2 Å². The predicted octanol–water partition coefficient (Wildman–Crippen LogP) is 3.08. The first-order valence-corrected chi connectivity index (χ1v) is 10.9. The first kappa shape index (κ1) is 23.0. The molecule has 9 nitrogen and oxygen atoms in total. The van der Waals surface area contributed by atoms with Crippen LogP contribution in [0.4, 0.5) is 5.69 Å². The molecule has 0 saturated heterocycles. The Bertz CT molecular complexity index is 1270. The summed E-state index contributed by atoms with van der Waals surface area (Å²) in [7, 11) is -3.80. The van der Waals surface area contributed by atoms with Crippen molar-refractivity contribution in [2.75, 3.05) is 11.9 Å². The Balaban J connectivity index is 1.53. The van der Waals surface area contributed by atoms with Crippen LogP contribution in [0.2, 0.25) is 5.02 Å². The number of amides is 1. The Hall–Kier alpha value is -3.65. The van der Waals surface area contributed by atoms with Crippen LogP contribution in [0.15, 0.2) is 70.2 Å². The van der Waals surface area contributed by atoms with Crippen molar-refractivity contribution in [3.63, 3.8) is 0 Å². The Morgan fingerprint density at radius 1 is 1.12 bits per heavy atom. The van der Waals surface area contributed by atoms with Crippen LogP contribution in [-0.4, -0.2) is 26.9 Å². The molecule has 0 atom stereocenters. The standard InChI is InChI=1S/C21H16ClN3O6S/c22-19-10-16(6-3-15(19)11-23)25-20(26)13-31-21(27)14-4-7-18(8-5-14)32(28,29)24-12-17-2-1-9-30-17/h1-10,24H,12-13H2,(H,25,26). The molecule has 3 aromatic rings. The number of ether oxygens (including phenoxy) is 1. The molecule has 0 aliphatic carbocycles. The van der Waals surface area contributed by atoms with Gasteiger partial charge in [0.25, 0.3) is 5.91 Å². The average molecular weight is 474 g/mol. The summed E-state index contributed by atoms with van der Waals surface area (Å²) in [4.78, 5) is 24.1. The van der Waals surface area contributed by atoms with E-state index in [9.17, 15) is 18.0 Å². The lowest BCUT2D eigenvalue weighted by atomic mass is 10.2. The Morgan fingerprint density at radius 2 is 1.88 bits per heavy atom. The lowest BCUT2D eigenvalue weighted by Crippen LogP contribution is -2.23. The van der Waals surface area contributed by atoms with Crippen LogP contribution in [0.1, 0.15) is 21.7 Å². The summed E-state index contributed by atoms with van der Waals surface area (Å²) in [5, 5.41) is 11.5. The van der Waals surface area contributed by atoms with Gasteiger partial charge < -0.3 is 14.5 Å². The fourth-order valence-corrected chi connectivity index (χ4v) is 3.74.